The third kappa shape index (κ3) is 3.75. The highest BCUT2D eigenvalue weighted by Crippen LogP contribution is 2.41. The van der Waals surface area contributed by atoms with E-state index < -0.39 is 0 Å². The number of rotatable bonds is 8. The van der Waals surface area contributed by atoms with Crippen molar-refractivity contribution < 1.29 is 5.21 Å². The third-order valence-electron chi connectivity index (χ3n) is 5.38. The minimum absolute atomic E-state index is 0.0857. The molecule has 3 nitrogen and oxygen atoms in total. The summed E-state index contributed by atoms with van der Waals surface area (Å²) >= 11 is 0. The smallest absolute Gasteiger partial charge is 0.0933 e. The zero-order valence-corrected chi connectivity index (χ0v) is 14.6. The number of hydrogen-bond donors (Lipinski definition) is 2. The topological polar surface area (TPSA) is 35.5 Å². The summed E-state index contributed by atoms with van der Waals surface area (Å²) in [6.45, 7) is 12.9. The van der Waals surface area contributed by atoms with Crippen molar-refractivity contribution in [3.05, 3.63) is 0 Å². The molecule has 0 aromatic carbocycles. The molecule has 20 heavy (non-hydrogen) atoms. The first-order valence-corrected chi connectivity index (χ1v) is 8.46. The molecule has 1 unspecified atom stereocenters. The van der Waals surface area contributed by atoms with Gasteiger partial charge in [0.15, 0.2) is 0 Å². The maximum atomic E-state index is 10.6. The quantitative estimate of drug-likeness (QED) is 0.634. The lowest BCUT2D eigenvalue weighted by atomic mass is 9.84. The van der Waals surface area contributed by atoms with Crippen LogP contribution in [0.15, 0.2) is 0 Å². The van der Waals surface area contributed by atoms with Crippen molar-refractivity contribution in [1.29, 1.82) is 0 Å². The molecule has 120 valence electrons. The van der Waals surface area contributed by atoms with Gasteiger partial charge in [-0.15, -0.1) is 0 Å². The van der Waals surface area contributed by atoms with Crippen molar-refractivity contribution >= 4 is 0 Å². The Labute approximate surface area is 126 Å². The highest BCUT2D eigenvalue weighted by Gasteiger charge is 2.57. The molecular formula is C17H36N2O. The molecule has 1 atom stereocenters. The van der Waals surface area contributed by atoms with Gasteiger partial charge >= 0.3 is 0 Å². The van der Waals surface area contributed by atoms with Crippen molar-refractivity contribution in [2.24, 2.45) is 0 Å². The molecule has 1 aliphatic heterocycles. The van der Waals surface area contributed by atoms with Crippen molar-refractivity contribution in [3.8, 4) is 0 Å². The van der Waals surface area contributed by atoms with Crippen molar-refractivity contribution in [2.75, 3.05) is 0 Å². The molecule has 0 saturated carbocycles. The zero-order chi connectivity index (χ0) is 15.4. The molecule has 0 aliphatic carbocycles. The lowest BCUT2D eigenvalue weighted by molar-refractivity contribution is -0.206. The molecule has 1 aliphatic rings. The van der Waals surface area contributed by atoms with Crippen LogP contribution in [0.25, 0.3) is 0 Å². The molecule has 1 rings (SSSR count). The fraction of sp³-hybridized carbons (Fsp3) is 1.00. The molecule has 0 radical (unpaired) electrons. The summed E-state index contributed by atoms with van der Waals surface area (Å²) in [6.07, 6.45) is 10.2. The largest absolute Gasteiger partial charge is 0.312 e. The van der Waals surface area contributed by atoms with E-state index in [1.54, 1.807) is 5.06 Å². The van der Waals surface area contributed by atoms with Gasteiger partial charge in [-0.05, 0) is 41.0 Å². The molecule has 1 fully saturated rings. The predicted octanol–water partition coefficient (Wildman–Crippen LogP) is 4.69. The number of hydroxylamine groups is 2. The predicted molar refractivity (Wildman–Crippen MR) is 85.9 cm³/mol. The van der Waals surface area contributed by atoms with Crippen LogP contribution >= 0.6 is 0 Å². The van der Waals surface area contributed by atoms with Crippen LogP contribution in [0.4, 0.5) is 0 Å². The molecule has 1 heterocycles. The van der Waals surface area contributed by atoms with Crippen LogP contribution in [0.1, 0.15) is 92.9 Å². The zero-order valence-electron chi connectivity index (χ0n) is 14.6. The highest BCUT2D eigenvalue weighted by molar-refractivity contribution is 5.11. The van der Waals surface area contributed by atoms with Crippen LogP contribution in [-0.2, 0) is 0 Å². The van der Waals surface area contributed by atoms with Crippen LogP contribution in [0.2, 0.25) is 0 Å². The minimum atomic E-state index is -0.295. The summed E-state index contributed by atoms with van der Waals surface area (Å²) in [5, 5.41) is 15.7. The van der Waals surface area contributed by atoms with E-state index in [0.717, 1.165) is 6.42 Å². The van der Waals surface area contributed by atoms with E-state index in [2.05, 4.69) is 46.9 Å². The van der Waals surface area contributed by atoms with Crippen molar-refractivity contribution in [2.45, 2.75) is 110 Å². The van der Waals surface area contributed by atoms with Crippen LogP contribution < -0.4 is 5.32 Å². The Morgan fingerprint density at radius 3 is 1.80 bits per heavy atom. The van der Waals surface area contributed by atoms with Crippen molar-refractivity contribution in [1.82, 2.24) is 10.4 Å². The first kappa shape index (κ1) is 17.9. The third-order valence-corrected chi connectivity index (χ3v) is 5.38. The van der Waals surface area contributed by atoms with Gasteiger partial charge in [-0.1, -0.05) is 51.9 Å². The first-order chi connectivity index (χ1) is 9.17. The average molecular weight is 284 g/mol. The Morgan fingerprint density at radius 2 is 1.35 bits per heavy atom. The second-order valence-corrected chi connectivity index (χ2v) is 7.77. The summed E-state index contributed by atoms with van der Waals surface area (Å²) < 4.78 is 0. The molecule has 0 spiro atoms. The van der Waals surface area contributed by atoms with E-state index in [-0.39, 0.29) is 16.7 Å². The highest BCUT2D eigenvalue weighted by atomic mass is 16.5. The van der Waals surface area contributed by atoms with Gasteiger partial charge < -0.3 is 5.21 Å². The fourth-order valence-corrected chi connectivity index (χ4v) is 3.36. The molecule has 1 saturated heterocycles. The Kier molecular flexibility index (Phi) is 6.06. The molecule has 3 heteroatoms. The summed E-state index contributed by atoms with van der Waals surface area (Å²) in [7, 11) is 0. The second kappa shape index (κ2) is 6.76. The number of nitrogens with one attached hydrogen (secondary N) is 1. The number of unbranched alkanes of at least 4 members (excludes halogenated alkanes) is 6. The Bertz CT molecular complexity index is 301. The maximum Gasteiger partial charge on any atom is 0.0933 e. The first-order valence-electron chi connectivity index (χ1n) is 8.46. The van der Waals surface area contributed by atoms with Gasteiger partial charge in [0.05, 0.1) is 11.2 Å². The van der Waals surface area contributed by atoms with Gasteiger partial charge in [0.1, 0.15) is 0 Å². The van der Waals surface area contributed by atoms with E-state index in [1.165, 1.54) is 44.9 Å². The van der Waals surface area contributed by atoms with Gasteiger partial charge in [-0.2, -0.15) is 5.06 Å². The Balaban J connectivity index is 2.36. The monoisotopic (exact) mass is 284 g/mol. The molecule has 0 aromatic rings. The van der Waals surface area contributed by atoms with Gasteiger partial charge in [-0.25, -0.2) is 0 Å². The van der Waals surface area contributed by atoms with Crippen LogP contribution in [0.3, 0.4) is 0 Å². The van der Waals surface area contributed by atoms with Gasteiger partial charge in [0.25, 0.3) is 0 Å². The van der Waals surface area contributed by atoms with E-state index in [1.807, 2.05) is 0 Å². The van der Waals surface area contributed by atoms with Crippen molar-refractivity contribution in [3.63, 3.8) is 0 Å². The molecule has 0 aromatic heterocycles. The molecule has 0 amide bonds. The van der Waals surface area contributed by atoms with E-state index in [9.17, 15) is 5.21 Å². The van der Waals surface area contributed by atoms with Gasteiger partial charge in [0, 0.05) is 5.54 Å². The fourth-order valence-electron chi connectivity index (χ4n) is 3.36. The molecular weight excluding hydrogens is 248 g/mol. The minimum Gasteiger partial charge on any atom is -0.312 e. The van der Waals surface area contributed by atoms with Crippen LogP contribution in [0.5, 0.6) is 0 Å². The standard InChI is InChI=1S/C17H36N2O/c1-7-8-9-10-11-12-13-14-17(6)18-15(2,3)16(4,5)19(17)20/h18,20H,7-14H2,1-6H3. The Morgan fingerprint density at radius 1 is 0.850 bits per heavy atom. The van der Waals surface area contributed by atoms with Gasteiger partial charge in [0.2, 0.25) is 0 Å². The Hall–Kier alpha value is -0.120. The molecule has 0 bridgehead atoms. The summed E-state index contributed by atoms with van der Waals surface area (Å²) in [6, 6.07) is 0. The van der Waals surface area contributed by atoms with Gasteiger partial charge in [-0.3, -0.25) is 5.32 Å². The van der Waals surface area contributed by atoms with Crippen LogP contribution in [-0.4, -0.2) is 27.0 Å². The summed E-state index contributed by atoms with van der Waals surface area (Å²) in [5.74, 6) is 0. The SMILES string of the molecule is CCCCCCCCCC1(C)NC(C)(C)C(C)(C)N1O. The number of nitrogens with zero attached hydrogens (tertiary/aromatic N) is 1. The van der Waals surface area contributed by atoms with E-state index in [4.69, 9.17) is 0 Å². The maximum absolute atomic E-state index is 10.6. The second-order valence-electron chi connectivity index (χ2n) is 7.77. The lowest BCUT2D eigenvalue weighted by Crippen LogP contribution is -2.52. The summed E-state index contributed by atoms with van der Waals surface area (Å²) in [4.78, 5) is 0. The average Bonchev–Trinajstić information content (AvgIpc) is 2.46. The van der Waals surface area contributed by atoms with Crippen LogP contribution in [0, 0.1) is 0 Å². The summed E-state index contributed by atoms with van der Waals surface area (Å²) in [5.41, 5.74) is -0.628. The number of hydrogen-bond acceptors (Lipinski definition) is 3. The lowest BCUT2D eigenvalue weighted by Gasteiger charge is -2.38. The van der Waals surface area contributed by atoms with E-state index in [0.29, 0.717) is 0 Å². The normalized spacial score (nSPS) is 28.9. The van der Waals surface area contributed by atoms with E-state index >= 15 is 0 Å². The molecule has 2 N–H and O–H groups in total.